The van der Waals surface area contributed by atoms with Gasteiger partial charge < -0.3 is 16.0 Å². The molecule has 1 saturated carbocycles. The number of nitrogens with one attached hydrogen (secondary N) is 1. The summed E-state index contributed by atoms with van der Waals surface area (Å²) in [6, 6.07) is 9.69. The van der Waals surface area contributed by atoms with Crippen molar-refractivity contribution in [2.75, 3.05) is 6.54 Å². The molecular formula is C17H24ClN3O2. The van der Waals surface area contributed by atoms with Crippen LogP contribution in [0.2, 0.25) is 0 Å². The predicted molar refractivity (Wildman–Crippen MR) is 91.0 cm³/mol. The fraction of sp³-hybridized carbons (Fsp3) is 0.529. The molecule has 1 aromatic carbocycles. The quantitative estimate of drug-likeness (QED) is 0.873. The Morgan fingerprint density at radius 3 is 2.61 bits per heavy atom. The van der Waals surface area contributed by atoms with Crippen molar-refractivity contribution in [3.63, 3.8) is 0 Å². The highest BCUT2D eigenvalue weighted by atomic mass is 35.5. The van der Waals surface area contributed by atoms with Gasteiger partial charge in [-0.25, -0.2) is 0 Å². The third-order valence-electron chi connectivity index (χ3n) is 4.67. The van der Waals surface area contributed by atoms with E-state index in [2.05, 4.69) is 5.32 Å². The van der Waals surface area contributed by atoms with Gasteiger partial charge in [-0.3, -0.25) is 9.59 Å². The minimum atomic E-state index is -0.368. The van der Waals surface area contributed by atoms with Crippen LogP contribution in [0.15, 0.2) is 30.3 Å². The number of hydrogen-bond acceptors (Lipinski definition) is 3. The molecule has 3 unspecified atom stereocenters. The maximum Gasteiger partial charge on any atom is 0.245 e. The van der Waals surface area contributed by atoms with Crippen molar-refractivity contribution in [2.45, 2.75) is 44.3 Å². The van der Waals surface area contributed by atoms with Crippen molar-refractivity contribution in [3.8, 4) is 0 Å². The lowest BCUT2D eigenvalue weighted by molar-refractivity contribution is -0.134. The van der Waals surface area contributed by atoms with Crippen molar-refractivity contribution in [3.05, 3.63) is 35.9 Å². The smallest absolute Gasteiger partial charge is 0.245 e. The van der Waals surface area contributed by atoms with Crippen molar-refractivity contribution in [2.24, 2.45) is 11.7 Å². The molecule has 0 bridgehead atoms. The maximum atomic E-state index is 12.4. The SMILES string of the molecule is Cl.NC1CCC(C(=O)NC2CCN(Cc3ccccc3)C2=O)C1. The van der Waals surface area contributed by atoms with Crippen LogP contribution < -0.4 is 11.1 Å². The highest BCUT2D eigenvalue weighted by molar-refractivity contribution is 5.90. The van der Waals surface area contributed by atoms with Crippen LogP contribution in [0.3, 0.4) is 0 Å². The number of rotatable bonds is 4. The number of benzene rings is 1. The van der Waals surface area contributed by atoms with Crippen molar-refractivity contribution < 1.29 is 9.59 Å². The Labute approximate surface area is 143 Å². The zero-order valence-electron chi connectivity index (χ0n) is 13.1. The molecule has 5 nitrogen and oxygen atoms in total. The first kappa shape index (κ1) is 17.8. The molecule has 2 aliphatic rings. The third-order valence-corrected chi connectivity index (χ3v) is 4.67. The number of hydrogen-bond donors (Lipinski definition) is 2. The first-order valence-corrected chi connectivity index (χ1v) is 8.02. The highest BCUT2D eigenvalue weighted by Crippen LogP contribution is 2.25. The molecule has 1 heterocycles. The van der Waals surface area contributed by atoms with Crippen LogP contribution in [0.25, 0.3) is 0 Å². The molecular weight excluding hydrogens is 314 g/mol. The normalized spacial score (nSPS) is 26.9. The first-order chi connectivity index (χ1) is 10.6. The number of carbonyl (C=O) groups excluding carboxylic acids is 2. The summed E-state index contributed by atoms with van der Waals surface area (Å²) in [7, 11) is 0. The molecule has 6 heteroatoms. The molecule has 2 amide bonds. The summed E-state index contributed by atoms with van der Waals surface area (Å²) in [4.78, 5) is 26.5. The van der Waals surface area contributed by atoms with E-state index in [1.54, 1.807) is 0 Å². The summed E-state index contributed by atoms with van der Waals surface area (Å²) < 4.78 is 0. The van der Waals surface area contributed by atoms with Crippen LogP contribution >= 0.6 is 12.4 Å². The van der Waals surface area contributed by atoms with Gasteiger partial charge in [-0.05, 0) is 31.2 Å². The van der Waals surface area contributed by atoms with Gasteiger partial charge >= 0.3 is 0 Å². The first-order valence-electron chi connectivity index (χ1n) is 8.02. The standard InChI is InChI=1S/C17H23N3O2.ClH/c18-14-7-6-13(10-14)16(21)19-15-8-9-20(17(15)22)11-12-4-2-1-3-5-12;/h1-5,13-15H,6-11,18H2,(H,19,21);1H. The van der Waals surface area contributed by atoms with Crippen LogP contribution in [0, 0.1) is 5.92 Å². The lowest BCUT2D eigenvalue weighted by Gasteiger charge is -2.18. The Morgan fingerprint density at radius 1 is 1.22 bits per heavy atom. The van der Waals surface area contributed by atoms with Gasteiger partial charge in [-0.2, -0.15) is 0 Å². The van der Waals surface area contributed by atoms with Crippen LogP contribution in [0.1, 0.15) is 31.2 Å². The number of likely N-dealkylation sites (tertiary alicyclic amines) is 1. The van der Waals surface area contributed by atoms with Crippen LogP contribution in [-0.4, -0.2) is 35.3 Å². The Kier molecular flexibility index (Phi) is 6.02. The predicted octanol–water partition coefficient (Wildman–Crippen LogP) is 1.45. The van der Waals surface area contributed by atoms with Crippen LogP contribution in [0.4, 0.5) is 0 Å². The maximum absolute atomic E-state index is 12.4. The van der Waals surface area contributed by atoms with Crippen LogP contribution in [0.5, 0.6) is 0 Å². The van der Waals surface area contributed by atoms with E-state index in [4.69, 9.17) is 5.73 Å². The lowest BCUT2D eigenvalue weighted by atomic mass is 10.1. The monoisotopic (exact) mass is 337 g/mol. The van der Waals surface area contributed by atoms with Gasteiger partial charge in [0, 0.05) is 25.0 Å². The highest BCUT2D eigenvalue weighted by Gasteiger charge is 2.35. The molecule has 126 valence electrons. The van der Waals surface area contributed by atoms with Crippen molar-refractivity contribution in [1.29, 1.82) is 0 Å². The second-order valence-electron chi connectivity index (χ2n) is 6.37. The van der Waals surface area contributed by atoms with E-state index in [0.717, 1.165) is 24.8 Å². The van der Waals surface area contributed by atoms with E-state index in [0.29, 0.717) is 19.5 Å². The number of nitrogens with zero attached hydrogens (tertiary/aromatic N) is 1. The molecule has 23 heavy (non-hydrogen) atoms. The average Bonchev–Trinajstić information content (AvgIpc) is 3.09. The average molecular weight is 338 g/mol. The summed E-state index contributed by atoms with van der Waals surface area (Å²) in [5, 5.41) is 2.92. The molecule has 0 spiro atoms. The van der Waals surface area contributed by atoms with Crippen molar-refractivity contribution >= 4 is 24.2 Å². The van der Waals surface area contributed by atoms with Gasteiger partial charge in [0.15, 0.2) is 0 Å². The largest absolute Gasteiger partial charge is 0.344 e. The second kappa shape index (κ2) is 7.79. The van der Waals surface area contributed by atoms with Gasteiger partial charge in [0.1, 0.15) is 6.04 Å². The summed E-state index contributed by atoms with van der Waals surface area (Å²) in [6.45, 7) is 1.31. The summed E-state index contributed by atoms with van der Waals surface area (Å²) in [5.74, 6) is -0.00154. The minimum absolute atomic E-state index is 0. The van der Waals surface area contributed by atoms with E-state index in [1.165, 1.54) is 0 Å². The number of amides is 2. The van der Waals surface area contributed by atoms with E-state index in [1.807, 2.05) is 35.2 Å². The Morgan fingerprint density at radius 2 is 1.96 bits per heavy atom. The lowest BCUT2D eigenvalue weighted by Crippen LogP contribution is -2.43. The van der Waals surface area contributed by atoms with E-state index in [9.17, 15) is 9.59 Å². The van der Waals surface area contributed by atoms with Gasteiger partial charge in [0.05, 0.1) is 0 Å². The molecule has 1 aliphatic heterocycles. The molecule has 0 radical (unpaired) electrons. The Balaban J connectivity index is 0.00000192. The molecule has 3 atom stereocenters. The second-order valence-corrected chi connectivity index (χ2v) is 6.37. The molecule has 1 aliphatic carbocycles. The minimum Gasteiger partial charge on any atom is -0.344 e. The molecule has 0 aromatic heterocycles. The molecule has 3 N–H and O–H groups in total. The van der Waals surface area contributed by atoms with Gasteiger partial charge in [-0.15, -0.1) is 12.4 Å². The molecule has 2 fully saturated rings. The summed E-state index contributed by atoms with van der Waals surface area (Å²) in [5.41, 5.74) is 6.97. The number of halogens is 1. The fourth-order valence-corrected chi connectivity index (χ4v) is 3.38. The molecule has 1 saturated heterocycles. The van der Waals surface area contributed by atoms with Crippen LogP contribution in [-0.2, 0) is 16.1 Å². The third kappa shape index (κ3) is 4.24. The fourth-order valence-electron chi connectivity index (χ4n) is 3.38. The molecule has 3 rings (SSSR count). The van der Waals surface area contributed by atoms with Crippen molar-refractivity contribution in [1.82, 2.24) is 10.2 Å². The zero-order valence-corrected chi connectivity index (χ0v) is 13.9. The van der Waals surface area contributed by atoms with Gasteiger partial charge in [-0.1, -0.05) is 30.3 Å². The summed E-state index contributed by atoms with van der Waals surface area (Å²) >= 11 is 0. The number of nitrogens with two attached hydrogens (primary N) is 1. The number of carbonyl (C=O) groups is 2. The Hall–Kier alpha value is -1.59. The molecule has 1 aromatic rings. The van der Waals surface area contributed by atoms with E-state index in [-0.39, 0.29) is 42.2 Å². The Bertz CT molecular complexity index is 552. The van der Waals surface area contributed by atoms with Gasteiger partial charge in [0.25, 0.3) is 0 Å². The zero-order chi connectivity index (χ0) is 15.5. The topological polar surface area (TPSA) is 75.4 Å². The summed E-state index contributed by atoms with van der Waals surface area (Å²) in [6.07, 6.45) is 3.16. The van der Waals surface area contributed by atoms with E-state index < -0.39 is 0 Å². The van der Waals surface area contributed by atoms with Gasteiger partial charge in [0.2, 0.25) is 11.8 Å². The van der Waals surface area contributed by atoms with E-state index >= 15 is 0 Å².